The van der Waals surface area contributed by atoms with E-state index in [4.69, 9.17) is 17.2 Å². The zero-order valence-corrected chi connectivity index (χ0v) is 21.4. The smallest absolute Gasteiger partial charge is 0.278 e. The molecule has 4 aromatic rings. The Hall–Kier alpha value is -2.75. The largest absolute Gasteiger partial charge is 0.342 e. The van der Waals surface area contributed by atoms with Crippen LogP contribution in [0.5, 0.6) is 0 Å². The van der Waals surface area contributed by atoms with Gasteiger partial charge in [-0.15, -0.1) is 0 Å². The molecule has 0 atom stereocenters. The molecule has 2 aromatic carbocycles. The lowest BCUT2D eigenvalue weighted by Crippen LogP contribution is -2.29. The van der Waals surface area contributed by atoms with Crippen LogP contribution in [0.15, 0.2) is 58.5 Å². The van der Waals surface area contributed by atoms with Crippen LogP contribution in [-0.4, -0.2) is 43.8 Å². The topological polar surface area (TPSA) is 60.1 Å². The second-order valence-corrected chi connectivity index (χ2v) is 11.0. The van der Waals surface area contributed by atoms with Crippen molar-refractivity contribution in [3.63, 3.8) is 0 Å². The molecule has 1 aliphatic rings. The van der Waals surface area contributed by atoms with Gasteiger partial charge >= 0.3 is 0 Å². The number of rotatable bonds is 5. The second kappa shape index (κ2) is 9.48. The van der Waals surface area contributed by atoms with Crippen molar-refractivity contribution in [3.05, 3.63) is 74.0 Å². The van der Waals surface area contributed by atoms with E-state index in [-0.39, 0.29) is 17.2 Å². The highest BCUT2D eigenvalue weighted by atomic mass is 32.2. The van der Waals surface area contributed by atoms with Crippen molar-refractivity contribution >= 4 is 51.6 Å². The molecule has 5 rings (SSSR count). The zero-order valence-electron chi connectivity index (χ0n) is 19.0. The van der Waals surface area contributed by atoms with Crippen molar-refractivity contribution in [2.24, 2.45) is 0 Å². The Morgan fingerprint density at radius 2 is 1.82 bits per heavy atom. The summed E-state index contributed by atoms with van der Waals surface area (Å²) in [5, 5.41) is 0.488. The Bertz CT molecular complexity index is 1500. The van der Waals surface area contributed by atoms with Crippen LogP contribution in [0, 0.1) is 17.8 Å². The number of nitrogens with zero attached hydrogens (tertiary/aromatic N) is 4. The van der Waals surface area contributed by atoms with Crippen molar-refractivity contribution in [1.82, 2.24) is 19.0 Å². The predicted molar refractivity (Wildman–Crippen MR) is 141 cm³/mol. The molecule has 9 heteroatoms. The van der Waals surface area contributed by atoms with E-state index in [0.29, 0.717) is 19.5 Å². The van der Waals surface area contributed by atoms with E-state index in [1.54, 1.807) is 4.57 Å². The van der Waals surface area contributed by atoms with Crippen molar-refractivity contribution < 1.29 is 4.79 Å². The summed E-state index contributed by atoms with van der Waals surface area (Å²) in [5.74, 6) is 0.312. The van der Waals surface area contributed by atoms with Crippen LogP contribution in [0.3, 0.4) is 0 Å². The van der Waals surface area contributed by atoms with E-state index in [0.717, 1.165) is 48.4 Å². The maximum atomic E-state index is 13.8. The van der Waals surface area contributed by atoms with E-state index < -0.39 is 0 Å². The number of benzene rings is 2. The highest BCUT2D eigenvalue weighted by Gasteiger charge is 2.22. The van der Waals surface area contributed by atoms with Gasteiger partial charge in [0.05, 0.1) is 17.1 Å². The lowest BCUT2D eigenvalue weighted by atomic mass is 10.1. The van der Waals surface area contributed by atoms with E-state index in [1.807, 2.05) is 65.8 Å². The fourth-order valence-electron chi connectivity index (χ4n) is 4.29. The van der Waals surface area contributed by atoms with Gasteiger partial charge in [-0.1, -0.05) is 59.0 Å². The Morgan fingerprint density at radius 1 is 1.09 bits per heavy atom. The van der Waals surface area contributed by atoms with Crippen molar-refractivity contribution in [3.8, 4) is 11.4 Å². The summed E-state index contributed by atoms with van der Waals surface area (Å²) in [6.45, 7) is 5.68. The molecule has 6 nitrogen and oxygen atoms in total. The average molecular weight is 509 g/mol. The summed E-state index contributed by atoms with van der Waals surface area (Å²) in [4.78, 5) is 33.3. The number of amides is 1. The van der Waals surface area contributed by atoms with Gasteiger partial charge in [0.1, 0.15) is 4.70 Å². The summed E-state index contributed by atoms with van der Waals surface area (Å²) in [6, 6.07) is 15.6. The minimum Gasteiger partial charge on any atom is -0.342 e. The molecule has 0 aliphatic carbocycles. The molecule has 0 saturated carbocycles. The SMILES string of the molecule is Cc1ccc(-n2c(=S)sc3c(=O)n(-c4ccccc4)c(SCC(=O)N4CCCC4)nc32)c(C)c1. The highest BCUT2D eigenvalue weighted by molar-refractivity contribution is 7.99. The van der Waals surface area contributed by atoms with E-state index in [9.17, 15) is 9.59 Å². The highest BCUT2D eigenvalue weighted by Crippen LogP contribution is 2.29. The van der Waals surface area contributed by atoms with Crippen molar-refractivity contribution in [1.29, 1.82) is 0 Å². The minimum atomic E-state index is -0.174. The van der Waals surface area contributed by atoms with Crippen molar-refractivity contribution in [2.45, 2.75) is 31.8 Å². The zero-order chi connectivity index (χ0) is 23.8. The van der Waals surface area contributed by atoms with Crippen molar-refractivity contribution in [2.75, 3.05) is 18.8 Å². The summed E-state index contributed by atoms with van der Waals surface area (Å²) >= 11 is 8.27. The van der Waals surface area contributed by atoms with Crippen LogP contribution in [0.25, 0.3) is 21.7 Å². The molecule has 1 aliphatic heterocycles. The van der Waals surface area contributed by atoms with E-state index >= 15 is 0 Å². The van der Waals surface area contributed by atoms with Gasteiger partial charge in [-0.25, -0.2) is 4.98 Å². The van der Waals surface area contributed by atoms with Gasteiger partial charge in [0.25, 0.3) is 5.56 Å². The molecule has 1 amide bonds. The number of likely N-dealkylation sites (tertiary alicyclic amines) is 1. The molecule has 0 unspecified atom stereocenters. The third-order valence-corrected chi connectivity index (χ3v) is 8.24. The third kappa shape index (κ3) is 4.23. The number of hydrogen-bond donors (Lipinski definition) is 0. The number of fused-ring (bicyclic) bond motifs is 1. The molecular formula is C25H24N4O2S3. The Labute approximate surface area is 210 Å². The van der Waals surface area contributed by atoms with Gasteiger partial charge in [-0.2, -0.15) is 0 Å². The Morgan fingerprint density at radius 3 is 2.53 bits per heavy atom. The van der Waals surface area contributed by atoms with Gasteiger partial charge in [0, 0.05) is 13.1 Å². The molecular weight excluding hydrogens is 485 g/mol. The van der Waals surface area contributed by atoms with Crippen LogP contribution < -0.4 is 5.56 Å². The van der Waals surface area contributed by atoms with Gasteiger partial charge in [-0.05, 0) is 62.7 Å². The fraction of sp³-hybridized carbons (Fsp3) is 0.280. The Kier molecular flexibility index (Phi) is 6.42. The van der Waals surface area contributed by atoms with E-state index in [2.05, 4.69) is 6.07 Å². The number of aromatic nitrogens is 3. The van der Waals surface area contributed by atoms with Gasteiger partial charge in [0.15, 0.2) is 14.8 Å². The maximum Gasteiger partial charge on any atom is 0.278 e. The molecule has 0 N–H and O–H groups in total. The molecule has 0 bridgehead atoms. The van der Waals surface area contributed by atoms with Crippen LogP contribution >= 0.6 is 35.3 Å². The monoisotopic (exact) mass is 508 g/mol. The molecule has 2 aromatic heterocycles. The number of aryl methyl sites for hydroxylation is 2. The number of para-hydroxylation sites is 1. The Balaban J connectivity index is 1.68. The number of hydrogen-bond acceptors (Lipinski definition) is 6. The first-order chi connectivity index (χ1) is 16.4. The fourth-order valence-corrected chi connectivity index (χ4v) is 6.49. The summed E-state index contributed by atoms with van der Waals surface area (Å²) in [5.41, 5.74) is 4.21. The molecule has 3 heterocycles. The lowest BCUT2D eigenvalue weighted by molar-refractivity contribution is -0.127. The quantitative estimate of drug-likeness (QED) is 0.208. The molecule has 0 radical (unpaired) electrons. The first-order valence-electron chi connectivity index (χ1n) is 11.2. The van der Waals surface area contributed by atoms with Gasteiger partial charge in [0.2, 0.25) is 5.91 Å². The second-order valence-electron chi connectivity index (χ2n) is 8.39. The molecule has 174 valence electrons. The normalized spacial score (nSPS) is 13.6. The summed E-state index contributed by atoms with van der Waals surface area (Å²) in [7, 11) is 0. The number of thiazole rings is 1. The molecule has 1 fully saturated rings. The van der Waals surface area contributed by atoms with Crippen LogP contribution in [0.2, 0.25) is 0 Å². The third-order valence-electron chi connectivity index (χ3n) is 5.97. The van der Waals surface area contributed by atoms with Gasteiger partial charge < -0.3 is 4.90 Å². The molecule has 1 saturated heterocycles. The first kappa shape index (κ1) is 23.0. The predicted octanol–water partition coefficient (Wildman–Crippen LogP) is 5.30. The van der Waals surface area contributed by atoms with Crippen LogP contribution in [0.1, 0.15) is 24.0 Å². The number of carbonyl (C=O) groups is 1. The molecule has 0 spiro atoms. The minimum absolute atomic E-state index is 0.0768. The van der Waals surface area contributed by atoms with Crippen LogP contribution in [0.4, 0.5) is 0 Å². The van der Waals surface area contributed by atoms with Crippen LogP contribution in [-0.2, 0) is 4.79 Å². The first-order valence-corrected chi connectivity index (χ1v) is 13.4. The standard InChI is InChI=1S/C25H24N4O2S3/c1-16-10-11-19(17(2)14-16)29-22-21(34-25(29)32)23(31)28(18-8-4-3-5-9-18)24(26-22)33-15-20(30)27-12-6-7-13-27/h3-5,8-11,14H,6-7,12-13,15H2,1-2H3. The maximum absolute atomic E-state index is 13.8. The number of carbonyl (C=O) groups excluding carboxylic acids is 1. The summed E-state index contributed by atoms with van der Waals surface area (Å²) in [6.07, 6.45) is 2.09. The average Bonchev–Trinajstić information content (AvgIpc) is 3.47. The molecule has 34 heavy (non-hydrogen) atoms. The van der Waals surface area contributed by atoms with E-state index in [1.165, 1.54) is 23.1 Å². The summed E-state index contributed by atoms with van der Waals surface area (Å²) < 4.78 is 4.56. The number of thioether (sulfide) groups is 1. The lowest BCUT2D eigenvalue weighted by Gasteiger charge is -2.16. The van der Waals surface area contributed by atoms with Gasteiger partial charge in [-0.3, -0.25) is 18.7 Å².